The lowest BCUT2D eigenvalue weighted by atomic mass is 9.43. The van der Waals surface area contributed by atoms with Crippen molar-refractivity contribution in [2.24, 2.45) is 34.0 Å². The molecule has 2 N–H and O–H groups in total. The summed E-state index contributed by atoms with van der Waals surface area (Å²) in [6.07, 6.45) is -0.643. The van der Waals surface area contributed by atoms with E-state index in [4.69, 9.17) is 14.2 Å². The molecule has 0 aromatic carbocycles. The standard InChI is InChI=1S/C20H26O7/c1-17(2)10-5-11-20(7-25-14(26-10)13(17)20)12-9(21)4-8-6-19(12,16(23)27-11)15(22)18(8,3)24/h8-14,21,24H,4-7H2,1-3H3/t8-,9-,10-,11+,12-,13-,14-,18+,19+,20+/m1/s1. The van der Waals surface area contributed by atoms with E-state index in [2.05, 4.69) is 13.8 Å². The number of hydrogen-bond acceptors (Lipinski definition) is 7. The summed E-state index contributed by atoms with van der Waals surface area (Å²) in [4.78, 5) is 26.6. The van der Waals surface area contributed by atoms with E-state index in [1.807, 2.05) is 0 Å². The van der Waals surface area contributed by atoms with Crippen molar-refractivity contribution in [2.75, 3.05) is 6.61 Å². The van der Waals surface area contributed by atoms with Crippen LogP contribution in [0.4, 0.5) is 0 Å². The predicted octanol–water partition coefficient (Wildman–Crippen LogP) is 0.407. The second-order valence-corrected chi connectivity index (χ2v) is 10.5. The highest BCUT2D eigenvalue weighted by atomic mass is 16.7. The van der Waals surface area contributed by atoms with Crippen LogP contribution in [0, 0.1) is 34.0 Å². The van der Waals surface area contributed by atoms with Crippen molar-refractivity contribution in [1.29, 1.82) is 0 Å². The minimum atomic E-state index is -1.62. The van der Waals surface area contributed by atoms with Crippen molar-refractivity contribution in [2.45, 2.75) is 70.2 Å². The monoisotopic (exact) mass is 378 g/mol. The van der Waals surface area contributed by atoms with Crippen LogP contribution in [0.3, 0.4) is 0 Å². The molecule has 3 saturated heterocycles. The van der Waals surface area contributed by atoms with Gasteiger partial charge in [0.05, 0.1) is 18.8 Å². The van der Waals surface area contributed by atoms with Crippen LogP contribution in [0.5, 0.6) is 0 Å². The fourth-order valence-electron chi connectivity index (χ4n) is 8.08. The van der Waals surface area contributed by atoms with E-state index in [0.717, 1.165) is 0 Å². The lowest BCUT2D eigenvalue weighted by Gasteiger charge is -2.61. The first-order valence-corrected chi connectivity index (χ1v) is 10.0. The third-order valence-corrected chi connectivity index (χ3v) is 9.17. The number of carbonyl (C=O) groups is 2. The van der Waals surface area contributed by atoms with Crippen molar-refractivity contribution < 1.29 is 34.0 Å². The Kier molecular flexibility index (Phi) is 2.77. The third kappa shape index (κ3) is 1.49. The molecular weight excluding hydrogens is 352 g/mol. The van der Waals surface area contributed by atoms with Gasteiger partial charge in [-0.2, -0.15) is 0 Å². The highest BCUT2D eigenvalue weighted by molar-refractivity contribution is 6.11. The first kappa shape index (κ1) is 16.9. The van der Waals surface area contributed by atoms with Crippen molar-refractivity contribution in [3.63, 3.8) is 0 Å². The molecule has 3 aliphatic heterocycles. The fraction of sp³-hybridized carbons (Fsp3) is 0.900. The zero-order chi connectivity index (χ0) is 19.1. The largest absolute Gasteiger partial charge is 0.461 e. The van der Waals surface area contributed by atoms with Gasteiger partial charge in [-0.3, -0.25) is 9.59 Å². The smallest absolute Gasteiger partial charge is 0.320 e. The Morgan fingerprint density at radius 3 is 2.56 bits per heavy atom. The SMILES string of the molecule is CC1(C)[C@H]2[C@@H]3OC[C@@]24[C@H](C[C@H]1O3)OC(=O)[C@@]12C[C@@H](C[C@@H](O)[C@H]14)[C@](C)(O)C2=O. The van der Waals surface area contributed by atoms with Gasteiger partial charge in [-0.15, -0.1) is 0 Å². The van der Waals surface area contributed by atoms with E-state index in [0.29, 0.717) is 19.4 Å². The molecule has 3 aliphatic carbocycles. The molecule has 3 saturated carbocycles. The van der Waals surface area contributed by atoms with Gasteiger partial charge in [0.25, 0.3) is 0 Å². The summed E-state index contributed by atoms with van der Waals surface area (Å²) >= 11 is 0. The molecule has 0 unspecified atom stereocenters. The predicted molar refractivity (Wildman–Crippen MR) is 89.1 cm³/mol. The molecular formula is C20H26O7. The number of rotatable bonds is 0. The second-order valence-electron chi connectivity index (χ2n) is 10.5. The number of Topliss-reactive ketones (excluding diaryl/α,β-unsaturated/α-hetero) is 1. The van der Waals surface area contributed by atoms with E-state index in [9.17, 15) is 19.8 Å². The van der Waals surface area contributed by atoms with Crippen molar-refractivity contribution >= 4 is 11.8 Å². The Morgan fingerprint density at radius 2 is 1.81 bits per heavy atom. The van der Waals surface area contributed by atoms with Crippen LogP contribution in [-0.4, -0.2) is 58.8 Å². The van der Waals surface area contributed by atoms with Gasteiger partial charge in [0.1, 0.15) is 17.1 Å². The number of hydrogen-bond donors (Lipinski definition) is 2. The summed E-state index contributed by atoms with van der Waals surface area (Å²) in [5.74, 6) is -2.16. The van der Waals surface area contributed by atoms with Crippen LogP contribution >= 0.6 is 0 Å². The number of esters is 1. The molecule has 6 rings (SSSR count). The number of ketones is 1. The van der Waals surface area contributed by atoms with Crippen molar-refractivity contribution in [1.82, 2.24) is 0 Å². The summed E-state index contributed by atoms with van der Waals surface area (Å²) in [6.45, 7) is 6.07. The molecule has 0 aromatic rings. The summed E-state index contributed by atoms with van der Waals surface area (Å²) in [6, 6.07) is 0. The Bertz CT molecular complexity index is 774. The maximum atomic E-state index is 13.4. The zero-order valence-electron chi connectivity index (χ0n) is 15.8. The molecule has 4 bridgehead atoms. The Hall–Kier alpha value is -1.02. The average molecular weight is 378 g/mol. The van der Waals surface area contributed by atoms with Crippen molar-refractivity contribution in [3.05, 3.63) is 0 Å². The van der Waals surface area contributed by atoms with Crippen LogP contribution in [0.1, 0.15) is 40.0 Å². The average Bonchev–Trinajstić information content (AvgIpc) is 3.07. The van der Waals surface area contributed by atoms with Gasteiger partial charge in [-0.25, -0.2) is 0 Å². The summed E-state index contributed by atoms with van der Waals surface area (Å²) in [7, 11) is 0. The van der Waals surface area contributed by atoms with Crippen LogP contribution < -0.4 is 0 Å². The Labute approximate surface area is 157 Å². The topological polar surface area (TPSA) is 102 Å². The van der Waals surface area contributed by atoms with E-state index >= 15 is 0 Å². The number of ether oxygens (including phenoxy) is 3. The number of carbonyl (C=O) groups excluding carboxylic acids is 2. The van der Waals surface area contributed by atoms with Crippen LogP contribution in [0.2, 0.25) is 0 Å². The Morgan fingerprint density at radius 1 is 1.07 bits per heavy atom. The van der Waals surface area contributed by atoms with Gasteiger partial charge >= 0.3 is 5.97 Å². The van der Waals surface area contributed by atoms with Gasteiger partial charge in [-0.1, -0.05) is 13.8 Å². The molecule has 148 valence electrons. The van der Waals surface area contributed by atoms with Gasteiger partial charge in [0, 0.05) is 23.7 Å². The van der Waals surface area contributed by atoms with E-state index in [1.165, 1.54) is 6.92 Å². The highest BCUT2D eigenvalue weighted by Gasteiger charge is 2.83. The van der Waals surface area contributed by atoms with Gasteiger partial charge in [0.15, 0.2) is 12.1 Å². The minimum Gasteiger partial charge on any atom is -0.461 e. The quantitative estimate of drug-likeness (QED) is 0.465. The van der Waals surface area contributed by atoms with Crippen molar-refractivity contribution in [3.8, 4) is 0 Å². The lowest BCUT2D eigenvalue weighted by Crippen LogP contribution is -2.71. The van der Waals surface area contributed by atoms with Gasteiger partial charge < -0.3 is 24.4 Å². The van der Waals surface area contributed by atoms with E-state index in [1.54, 1.807) is 0 Å². The van der Waals surface area contributed by atoms with E-state index in [-0.39, 0.29) is 23.9 Å². The van der Waals surface area contributed by atoms with E-state index < -0.39 is 58.5 Å². The number of aliphatic hydroxyl groups is 2. The van der Waals surface area contributed by atoms with Gasteiger partial charge in [0.2, 0.25) is 0 Å². The first-order valence-electron chi connectivity index (χ1n) is 10.0. The summed E-state index contributed by atoms with van der Waals surface area (Å²) < 4.78 is 18.1. The fourth-order valence-corrected chi connectivity index (χ4v) is 8.08. The summed E-state index contributed by atoms with van der Waals surface area (Å²) in [5.41, 5.74) is -3.96. The molecule has 6 fully saturated rings. The van der Waals surface area contributed by atoms with Crippen LogP contribution in [0.15, 0.2) is 0 Å². The van der Waals surface area contributed by atoms with Crippen LogP contribution in [0.25, 0.3) is 0 Å². The van der Waals surface area contributed by atoms with Crippen LogP contribution in [-0.2, 0) is 23.8 Å². The van der Waals surface area contributed by atoms with Gasteiger partial charge in [-0.05, 0) is 31.1 Å². The third-order valence-electron chi connectivity index (χ3n) is 9.17. The number of fused-ring (bicyclic) bond motifs is 2. The first-order chi connectivity index (χ1) is 12.6. The molecule has 3 heterocycles. The molecule has 2 spiro atoms. The summed E-state index contributed by atoms with van der Waals surface area (Å²) in [5, 5.41) is 22.1. The minimum absolute atomic E-state index is 0.0618. The molecule has 0 amide bonds. The molecule has 6 aliphatic rings. The molecule has 27 heavy (non-hydrogen) atoms. The highest BCUT2D eigenvalue weighted by Crippen LogP contribution is 2.74. The molecule has 0 aromatic heterocycles. The molecule has 0 radical (unpaired) electrons. The maximum absolute atomic E-state index is 13.4. The molecule has 7 heteroatoms. The second kappa shape index (κ2) is 4.42. The maximum Gasteiger partial charge on any atom is 0.320 e. The lowest BCUT2D eigenvalue weighted by molar-refractivity contribution is -0.252. The zero-order valence-corrected chi connectivity index (χ0v) is 15.8. The number of aliphatic hydroxyl groups excluding tert-OH is 1. The Balaban J connectivity index is 1.60. The molecule has 10 atom stereocenters. The normalized spacial score (nSPS) is 62.2. The molecule has 7 nitrogen and oxygen atoms in total.